The maximum atomic E-state index is 12.7. The summed E-state index contributed by atoms with van der Waals surface area (Å²) in [4.78, 5) is 37.2. The van der Waals surface area contributed by atoms with Crippen molar-refractivity contribution in [3.63, 3.8) is 0 Å². The van der Waals surface area contributed by atoms with Gasteiger partial charge in [0, 0.05) is 13.1 Å². The summed E-state index contributed by atoms with van der Waals surface area (Å²) < 4.78 is 0. The lowest BCUT2D eigenvalue weighted by Gasteiger charge is -2.33. The number of benzene rings is 1. The van der Waals surface area contributed by atoms with E-state index in [0.29, 0.717) is 13.0 Å². The second-order valence-electron chi connectivity index (χ2n) is 15.3. The minimum Gasteiger partial charge on any atom is -0.394 e. The Balaban J connectivity index is 1.60. The Morgan fingerprint density at radius 3 is 1.87 bits per heavy atom. The number of aliphatic hydroxyl groups is 10. The zero-order valence-corrected chi connectivity index (χ0v) is 34.7. The van der Waals surface area contributed by atoms with Gasteiger partial charge in [-0.1, -0.05) is 23.7 Å². The number of carbonyl (C=O) groups excluding carboxylic acids is 2. The average molecular weight is 888 g/mol. The van der Waals surface area contributed by atoms with Gasteiger partial charge in [-0.25, -0.2) is 20.1 Å². The molecule has 23 heteroatoms. The number of nitrogens with two attached hydrogens (primary N) is 4. The average Bonchev–Trinajstić information content (AvgIpc) is 3.24. The number of halogens is 1. The molecule has 1 aromatic heterocycles. The minimum absolute atomic E-state index is 0.00762. The summed E-state index contributed by atoms with van der Waals surface area (Å²) in [5.41, 5.74) is 27.5. The molecule has 0 saturated carbocycles. The molecule has 344 valence electrons. The number of hydrogen-bond donors (Lipinski definition) is 17. The number of rotatable bonds is 26. The van der Waals surface area contributed by atoms with Gasteiger partial charge in [-0.15, -0.1) is 0 Å². The molecular weight excluding hydrogens is 824 g/mol. The lowest BCUT2D eigenvalue weighted by atomic mass is 9.82. The van der Waals surface area contributed by atoms with Gasteiger partial charge in [0.15, 0.2) is 22.5 Å². The molecule has 61 heavy (non-hydrogen) atoms. The van der Waals surface area contributed by atoms with Crippen molar-refractivity contribution in [2.45, 2.75) is 113 Å². The first-order valence-corrected chi connectivity index (χ1v) is 20.6. The number of aryl methyl sites for hydroxylation is 1. The van der Waals surface area contributed by atoms with Gasteiger partial charge in [0.25, 0.3) is 0 Å². The molecule has 1 aromatic carbocycles. The Bertz CT molecular complexity index is 1720. The number of unbranched alkanes of at least 4 members (excludes halogenated alkanes) is 1. The van der Waals surface area contributed by atoms with Crippen LogP contribution < -0.4 is 38.6 Å². The molecule has 0 saturated heterocycles. The Hall–Kier alpha value is -3.88. The number of amides is 2. The van der Waals surface area contributed by atoms with Crippen LogP contribution in [0.15, 0.2) is 12.1 Å². The molecule has 9 unspecified atom stereocenters. The Morgan fingerprint density at radius 1 is 0.770 bits per heavy atom. The van der Waals surface area contributed by atoms with E-state index in [4.69, 9.17) is 44.7 Å². The molecule has 0 radical (unpaired) electrons. The molecule has 9 atom stereocenters. The molecule has 1 heterocycles. The number of nitrogen functional groups attached to an aromatic ring is 2. The number of nitrogens with one attached hydrogen (secondary N) is 3. The Kier molecular flexibility index (Phi) is 21.3. The normalized spacial score (nSPS) is 17.7. The van der Waals surface area contributed by atoms with E-state index in [-0.39, 0.29) is 48.0 Å². The number of anilines is 2. The summed E-state index contributed by atoms with van der Waals surface area (Å²) >= 11 is 5.86. The smallest absolute Gasteiger partial charge is 0.348 e. The standard InChI is InChI=1S/C38H63ClN10O12/c39-33-35(41)47-34(40)28(46-33)37(61)48-38(43)45-11-4-3-6-19-9-10-20(22-8-2-1-7-21(19)22)14-23(36(42)60)44-12-5-13-49(15-24(52)29(56)31(58)26(54)17-50)16-25(53)30(57)32(59)27(55)18-51/h9-10,23-27,29-32,44,50-59H,1-8,11-18H2,(H2,42,60)(H4,40,41,47)(H3,43,45,48,61)/p+1. The first-order valence-electron chi connectivity index (χ1n) is 20.2. The molecule has 3 rings (SSSR count). The van der Waals surface area contributed by atoms with Crippen LogP contribution in [0.2, 0.25) is 5.15 Å². The number of primary amides is 1. The van der Waals surface area contributed by atoms with Gasteiger partial charge in [0.1, 0.15) is 36.6 Å². The monoisotopic (exact) mass is 887 g/mol. The van der Waals surface area contributed by atoms with Crippen LogP contribution >= 0.6 is 11.6 Å². The zero-order valence-electron chi connectivity index (χ0n) is 34.0. The van der Waals surface area contributed by atoms with E-state index in [9.17, 15) is 50.4 Å². The fourth-order valence-corrected chi connectivity index (χ4v) is 7.27. The molecule has 2 amide bonds. The van der Waals surface area contributed by atoms with Crippen molar-refractivity contribution in [2.24, 2.45) is 11.5 Å². The second kappa shape index (κ2) is 25.3. The van der Waals surface area contributed by atoms with Crippen molar-refractivity contribution in [1.82, 2.24) is 25.5 Å². The summed E-state index contributed by atoms with van der Waals surface area (Å²) in [6, 6.07) is 3.32. The molecule has 0 aliphatic heterocycles. The Morgan fingerprint density at radius 2 is 1.31 bits per heavy atom. The lowest BCUT2D eigenvalue weighted by Crippen LogP contribution is -2.79. The SMILES string of the molecule is NC(=O)C(Cc1ccc(CCCC[NH+]=C(N)NC(=O)c2nc(Cl)c(N)nc2N)c2c1CCCC2)NCCCN(CC(O)C(O)C(O)C(O)CO)CC(O)C(O)C(O)C(O)CO. The molecular formula is C38H64ClN10O12+. The van der Waals surface area contributed by atoms with Gasteiger partial charge in [-0.2, -0.15) is 0 Å². The van der Waals surface area contributed by atoms with E-state index in [1.54, 1.807) is 0 Å². The highest BCUT2D eigenvalue weighted by atomic mass is 35.5. The maximum Gasteiger partial charge on any atom is 0.348 e. The molecule has 1 aliphatic rings. The molecule has 2 aromatic rings. The van der Waals surface area contributed by atoms with Crippen molar-refractivity contribution >= 4 is 41.0 Å². The van der Waals surface area contributed by atoms with Crippen LogP contribution in [-0.2, 0) is 30.5 Å². The number of fused-ring (bicyclic) bond motifs is 1. The van der Waals surface area contributed by atoms with Crippen LogP contribution in [0.4, 0.5) is 11.6 Å². The number of carbonyl (C=O) groups is 2. The number of aliphatic hydroxyl groups excluding tert-OH is 10. The van der Waals surface area contributed by atoms with Crippen molar-refractivity contribution in [3.05, 3.63) is 45.2 Å². The van der Waals surface area contributed by atoms with Crippen LogP contribution in [0.3, 0.4) is 0 Å². The number of guanidine groups is 1. The molecule has 1 aliphatic carbocycles. The summed E-state index contributed by atoms with van der Waals surface area (Å²) in [6.07, 6.45) is -7.87. The van der Waals surface area contributed by atoms with Crippen LogP contribution in [0.1, 0.15) is 64.8 Å². The topological polar surface area (TPSA) is 408 Å². The van der Waals surface area contributed by atoms with Gasteiger partial charge >= 0.3 is 11.9 Å². The third-order valence-corrected chi connectivity index (χ3v) is 10.9. The van der Waals surface area contributed by atoms with Gasteiger partial charge in [-0.05, 0) is 93.1 Å². The Labute approximate surface area is 358 Å². The number of nitrogens with zero attached hydrogens (tertiary/aromatic N) is 3. The summed E-state index contributed by atoms with van der Waals surface area (Å²) in [7, 11) is 0. The van der Waals surface area contributed by atoms with Crippen molar-refractivity contribution < 1.29 is 65.6 Å². The fraction of sp³-hybridized carbons (Fsp3) is 0.658. The highest BCUT2D eigenvalue weighted by Gasteiger charge is 2.34. The van der Waals surface area contributed by atoms with E-state index < -0.39 is 93.0 Å². The van der Waals surface area contributed by atoms with Gasteiger partial charge < -0.3 is 73.6 Å². The van der Waals surface area contributed by atoms with Crippen LogP contribution in [0, 0.1) is 0 Å². The molecule has 22 nitrogen and oxygen atoms in total. The van der Waals surface area contributed by atoms with E-state index >= 15 is 0 Å². The molecule has 0 fully saturated rings. The zero-order chi connectivity index (χ0) is 45.4. The molecule has 0 spiro atoms. The quantitative estimate of drug-likeness (QED) is 0.0237. The van der Waals surface area contributed by atoms with E-state index in [1.807, 2.05) is 6.07 Å². The first-order chi connectivity index (χ1) is 28.9. The lowest BCUT2D eigenvalue weighted by molar-refractivity contribution is -0.460. The van der Waals surface area contributed by atoms with Gasteiger partial charge in [-0.3, -0.25) is 20.4 Å². The minimum atomic E-state index is -1.91. The highest BCUT2D eigenvalue weighted by Crippen LogP contribution is 2.30. The van der Waals surface area contributed by atoms with Crippen molar-refractivity contribution in [2.75, 3.05) is 57.4 Å². The van der Waals surface area contributed by atoms with Gasteiger partial charge in [0.2, 0.25) is 5.91 Å². The van der Waals surface area contributed by atoms with Gasteiger partial charge in [0.05, 0.1) is 38.0 Å². The van der Waals surface area contributed by atoms with E-state index in [0.717, 1.165) is 50.5 Å². The summed E-state index contributed by atoms with van der Waals surface area (Å²) in [6.45, 7) is -1.83. The number of hydrogen-bond acceptors (Lipinski definition) is 18. The van der Waals surface area contributed by atoms with Crippen LogP contribution in [0.25, 0.3) is 0 Å². The first kappa shape index (κ1) is 51.5. The third-order valence-electron chi connectivity index (χ3n) is 10.6. The summed E-state index contributed by atoms with van der Waals surface area (Å²) in [5.74, 6) is -1.56. The van der Waals surface area contributed by atoms with Crippen molar-refractivity contribution in [1.29, 1.82) is 0 Å². The van der Waals surface area contributed by atoms with Crippen LogP contribution in [-0.4, -0.2) is 185 Å². The molecule has 21 N–H and O–H groups in total. The van der Waals surface area contributed by atoms with E-state index in [1.165, 1.54) is 21.6 Å². The second-order valence-corrected chi connectivity index (χ2v) is 15.6. The van der Waals surface area contributed by atoms with Crippen molar-refractivity contribution in [3.8, 4) is 0 Å². The van der Waals surface area contributed by atoms with E-state index in [2.05, 4.69) is 31.7 Å². The predicted molar refractivity (Wildman–Crippen MR) is 222 cm³/mol. The third kappa shape index (κ3) is 15.5. The maximum absolute atomic E-state index is 12.7. The largest absolute Gasteiger partial charge is 0.394 e. The summed E-state index contributed by atoms with van der Waals surface area (Å²) in [5, 5.41) is 105. The predicted octanol–water partition coefficient (Wildman–Crippen LogP) is -7.13. The molecule has 0 bridgehead atoms. The highest BCUT2D eigenvalue weighted by molar-refractivity contribution is 6.31. The number of aromatic nitrogens is 2. The fourth-order valence-electron chi connectivity index (χ4n) is 7.14. The van der Waals surface area contributed by atoms with Crippen LogP contribution in [0.5, 0.6) is 0 Å².